The number of ether oxygens (including phenoxy) is 1. The molecule has 70 valence electrons. The number of hydrogen-bond acceptors (Lipinski definition) is 3. The fraction of sp³-hybridized carbons (Fsp3) is 0.0909. The van der Waals surface area contributed by atoms with E-state index in [2.05, 4.69) is 9.72 Å². The van der Waals surface area contributed by atoms with Crippen molar-refractivity contribution in [2.45, 2.75) is 0 Å². The Hall–Kier alpha value is -1.90. The average molecular weight is 188 g/mol. The first-order valence-corrected chi connectivity index (χ1v) is 4.15. The first-order valence-electron chi connectivity index (χ1n) is 4.65. The Balaban J connectivity index is 2.67. The summed E-state index contributed by atoms with van der Waals surface area (Å²) in [5.41, 5.74) is 0.274. The molecule has 1 aromatic carbocycles. The molecular weight excluding hydrogens is 178 g/mol. The lowest BCUT2D eigenvalue weighted by Gasteiger charge is -2.00. The van der Waals surface area contributed by atoms with Gasteiger partial charge in [0.2, 0.25) is 0 Å². The van der Waals surface area contributed by atoms with Crippen LogP contribution in [-0.2, 0) is 4.74 Å². The number of fused-ring (bicyclic) bond motifs is 1. The van der Waals surface area contributed by atoms with Gasteiger partial charge in [-0.15, -0.1) is 0 Å². The molecule has 0 aliphatic heterocycles. The Morgan fingerprint density at radius 3 is 3.14 bits per heavy atom. The largest absolute Gasteiger partial charge is 0.465 e. The summed E-state index contributed by atoms with van der Waals surface area (Å²) in [7, 11) is 1.30. The van der Waals surface area contributed by atoms with Gasteiger partial charge in [-0.05, 0) is 23.6 Å². The molecule has 0 N–H and O–H groups in total. The second-order valence-electron chi connectivity index (χ2n) is 2.84. The summed E-state index contributed by atoms with van der Waals surface area (Å²) >= 11 is 0. The number of benzene rings is 1. The van der Waals surface area contributed by atoms with E-state index in [1.165, 1.54) is 7.11 Å². The van der Waals surface area contributed by atoms with Crippen LogP contribution in [0.3, 0.4) is 0 Å². The monoisotopic (exact) mass is 188 g/mol. The van der Waals surface area contributed by atoms with Gasteiger partial charge in [-0.1, -0.05) is 6.07 Å². The minimum absolute atomic E-state index is 0.155. The van der Waals surface area contributed by atoms with Crippen LogP contribution >= 0.6 is 0 Å². The highest BCUT2D eigenvalue weighted by Gasteiger charge is 2.04. The summed E-state index contributed by atoms with van der Waals surface area (Å²) in [6, 6.07) is 5.20. The van der Waals surface area contributed by atoms with Crippen LogP contribution in [0.25, 0.3) is 10.8 Å². The molecule has 3 heteroatoms. The highest BCUT2D eigenvalue weighted by Crippen LogP contribution is 2.14. The van der Waals surface area contributed by atoms with Crippen molar-refractivity contribution in [2.75, 3.05) is 7.11 Å². The number of hydrogen-bond donors (Lipinski definition) is 0. The molecule has 0 unspecified atom stereocenters. The Morgan fingerprint density at radius 2 is 2.36 bits per heavy atom. The fourth-order valence-corrected chi connectivity index (χ4v) is 1.25. The lowest BCUT2D eigenvalue weighted by Crippen LogP contribution is -2.00. The summed E-state index contributed by atoms with van der Waals surface area (Å²) in [5.74, 6) is -0.487. The van der Waals surface area contributed by atoms with Crippen LogP contribution in [0, 0.1) is 0 Å². The van der Waals surface area contributed by atoms with Crippen LogP contribution in [0.4, 0.5) is 0 Å². The zero-order valence-corrected chi connectivity index (χ0v) is 7.65. The van der Waals surface area contributed by atoms with Crippen LogP contribution in [0.2, 0.25) is 0 Å². The Bertz CT molecular complexity index is 525. The third-order valence-electron chi connectivity index (χ3n) is 1.98. The molecule has 2 rings (SSSR count). The van der Waals surface area contributed by atoms with Gasteiger partial charge in [-0.3, -0.25) is 4.98 Å². The predicted molar refractivity (Wildman–Crippen MR) is 53.1 cm³/mol. The van der Waals surface area contributed by atoms with Gasteiger partial charge < -0.3 is 4.74 Å². The molecule has 3 nitrogen and oxygen atoms in total. The van der Waals surface area contributed by atoms with Crippen molar-refractivity contribution in [1.29, 1.82) is 0 Å². The van der Waals surface area contributed by atoms with Crippen molar-refractivity contribution in [2.24, 2.45) is 0 Å². The Morgan fingerprint density at radius 1 is 1.50 bits per heavy atom. The van der Waals surface area contributed by atoms with Crippen molar-refractivity contribution in [3.8, 4) is 0 Å². The number of carbonyl (C=O) groups excluding carboxylic acids is 1. The third-order valence-corrected chi connectivity index (χ3v) is 1.98. The topological polar surface area (TPSA) is 39.2 Å². The molecular formula is C11H9NO2. The van der Waals surface area contributed by atoms with Gasteiger partial charge in [0.05, 0.1) is 14.0 Å². The maximum absolute atomic E-state index is 11.3. The van der Waals surface area contributed by atoms with Gasteiger partial charge in [0.1, 0.15) is 0 Å². The second-order valence-corrected chi connectivity index (χ2v) is 2.84. The zero-order chi connectivity index (χ0) is 10.8. The minimum Gasteiger partial charge on any atom is -0.465 e. The first kappa shape index (κ1) is 7.50. The molecule has 0 amide bonds. The molecule has 0 spiro atoms. The standard InChI is InChI=1S/C11H9NO2/c1-14-11(13)9-2-3-10-7-12-5-4-8(10)6-9/h2-7H,1H3/i2D. The van der Waals surface area contributed by atoms with Crippen LogP contribution in [0.1, 0.15) is 11.7 Å². The van der Waals surface area contributed by atoms with E-state index in [1.54, 1.807) is 30.6 Å². The Kier molecular flexibility index (Phi) is 1.85. The number of methoxy groups -OCH3 is 1. The van der Waals surface area contributed by atoms with Crippen LogP contribution in [0.15, 0.2) is 36.6 Å². The lowest BCUT2D eigenvalue weighted by atomic mass is 10.1. The van der Waals surface area contributed by atoms with Gasteiger partial charge >= 0.3 is 5.97 Å². The molecule has 1 aromatic heterocycles. The normalized spacial score (nSPS) is 11.1. The van der Waals surface area contributed by atoms with E-state index in [0.29, 0.717) is 0 Å². The predicted octanol–water partition coefficient (Wildman–Crippen LogP) is 2.02. The zero-order valence-electron chi connectivity index (χ0n) is 8.65. The molecule has 2 aromatic rings. The summed E-state index contributed by atoms with van der Waals surface area (Å²) in [5, 5.41) is 1.72. The number of esters is 1. The van der Waals surface area contributed by atoms with E-state index in [9.17, 15) is 4.79 Å². The number of pyridine rings is 1. The van der Waals surface area contributed by atoms with Crippen molar-refractivity contribution in [3.63, 3.8) is 0 Å². The minimum atomic E-state index is -0.487. The SMILES string of the molecule is [2H]c1cc2cnccc2cc1C(=O)OC. The molecule has 0 fully saturated rings. The lowest BCUT2D eigenvalue weighted by molar-refractivity contribution is 0.0601. The Labute approximate surface area is 82.7 Å². The molecule has 0 atom stereocenters. The van der Waals surface area contributed by atoms with E-state index in [0.717, 1.165) is 10.8 Å². The van der Waals surface area contributed by atoms with Crippen molar-refractivity contribution >= 4 is 16.7 Å². The van der Waals surface area contributed by atoms with E-state index in [1.807, 2.05) is 0 Å². The molecule has 0 aliphatic carbocycles. The molecule has 0 saturated carbocycles. The quantitative estimate of drug-likeness (QED) is 0.643. The molecule has 14 heavy (non-hydrogen) atoms. The van der Waals surface area contributed by atoms with Crippen molar-refractivity contribution < 1.29 is 10.9 Å². The van der Waals surface area contributed by atoms with Gasteiger partial charge in [0.25, 0.3) is 0 Å². The van der Waals surface area contributed by atoms with Crippen molar-refractivity contribution in [3.05, 3.63) is 42.2 Å². The first-order chi connectivity index (χ1) is 7.22. The summed E-state index contributed by atoms with van der Waals surface area (Å²) in [6.07, 6.45) is 3.31. The number of aromatic nitrogens is 1. The molecule has 0 aliphatic rings. The van der Waals surface area contributed by atoms with Gasteiger partial charge in [0.15, 0.2) is 0 Å². The van der Waals surface area contributed by atoms with E-state index < -0.39 is 5.97 Å². The number of carbonyl (C=O) groups is 1. The summed E-state index contributed by atoms with van der Waals surface area (Å²) in [4.78, 5) is 15.3. The summed E-state index contributed by atoms with van der Waals surface area (Å²) in [6.45, 7) is 0. The van der Waals surface area contributed by atoms with Crippen LogP contribution in [0.5, 0.6) is 0 Å². The maximum Gasteiger partial charge on any atom is 0.337 e. The molecule has 1 heterocycles. The van der Waals surface area contributed by atoms with Gasteiger partial charge in [-0.2, -0.15) is 0 Å². The van der Waals surface area contributed by atoms with Crippen molar-refractivity contribution in [1.82, 2.24) is 4.98 Å². The van der Waals surface area contributed by atoms with Gasteiger partial charge in [-0.25, -0.2) is 4.79 Å². The number of rotatable bonds is 1. The number of nitrogens with zero attached hydrogens (tertiary/aromatic N) is 1. The summed E-state index contributed by atoms with van der Waals surface area (Å²) < 4.78 is 12.2. The highest BCUT2D eigenvalue weighted by molar-refractivity contribution is 5.95. The van der Waals surface area contributed by atoms with Gasteiger partial charge in [0, 0.05) is 17.8 Å². The molecule has 0 radical (unpaired) electrons. The van der Waals surface area contributed by atoms with E-state index >= 15 is 0 Å². The second kappa shape index (κ2) is 3.46. The average Bonchev–Trinajstić information content (AvgIpc) is 2.27. The van der Waals surface area contributed by atoms with Crippen LogP contribution < -0.4 is 0 Å². The molecule has 0 saturated heterocycles. The molecule has 0 bridgehead atoms. The highest BCUT2D eigenvalue weighted by atomic mass is 16.5. The fourth-order valence-electron chi connectivity index (χ4n) is 1.25. The van der Waals surface area contributed by atoms with Crippen LogP contribution in [-0.4, -0.2) is 18.1 Å². The smallest absolute Gasteiger partial charge is 0.337 e. The van der Waals surface area contributed by atoms with E-state index in [-0.39, 0.29) is 11.6 Å². The maximum atomic E-state index is 11.3. The third kappa shape index (κ3) is 1.44. The van der Waals surface area contributed by atoms with E-state index in [4.69, 9.17) is 1.37 Å².